The minimum atomic E-state index is -1.07. The Morgan fingerprint density at radius 3 is 2.72 bits per heavy atom. The largest absolute Gasteiger partial charge is 0.478 e. The Kier molecular flexibility index (Phi) is 3.14. The Bertz CT molecular complexity index is 590. The van der Waals surface area contributed by atoms with Crippen molar-refractivity contribution in [3.05, 3.63) is 41.8 Å². The molecule has 2 aromatic rings. The van der Waals surface area contributed by atoms with Gasteiger partial charge in [0.1, 0.15) is 11.4 Å². The molecule has 1 heterocycles. The van der Waals surface area contributed by atoms with E-state index < -0.39 is 11.8 Å². The molecule has 0 unspecified atom stereocenters. The first-order valence-electron chi connectivity index (χ1n) is 5.57. The third-order valence-electron chi connectivity index (χ3n) is 2.61. The summed E-state index contributed by atoms with van der Waals surface area (Å²) in [5.41, 5.74) is 1.02. The Morgan fingerprint density at radius 2 is 2.17 bits per heavy atom. The second kappa shape index (κ2) is 4.60. The van der Waals surface area contributed by atoms with E-state index in [4.69, 9.17) is 5.11 Å². The van der Waals surface area contributed by atoms with Crippen LogP contribution in [0.25, 0.3) is 11.3 Å². The summed E-state index contributed by atoms with van der Waals surface area (Å²) in [6, 6.07) is 5.85. The Hall–Kier alpha value is -2.17. The molecule has 94 valence electrons. The predicted molar refractivity (Wildman–Crippen MR) is 65.0 cm³/mol. The first-order chi connectivity index (χ1) is 8.50. The lowest BCUT2D eigenvalue weighted by atomic mass is 10.1. The lowest BCUT2D eigenvalue weighted by Crippen LogP contribution is -2.07. The number of nitrogens with zero attached hydrogens (tertiary/aromatic N) is 2. The number of halogens is 1. The van der Waals surface area contributed by atoms with Crippen molar-refractivity contribution in [2.75, 3.05) is 0 Å². The van der Waals surface area contributed by atoms with Crippen LogP contribution in [0.2, 0.25) is 0 Å². The van der Waals surface area contributed by atoms with E-state index in [1.54, 1.807) is 16.8 Å². The lowest BCUT2D eigenvalue weighted by molar-refractivity contribution is 0.0697. The van der Waals surface area contributed by atoms with Crippen molar-refractivity contribution >= 4 is 5.97 Å². The fraction of sp³-hybridized carbons (Fsp3) is 0.231. The van der Waals surface area contributed by atoms with Crippen LogP contribution in [0.15, 0.2) is 30.5 Å². The molecule has 0 fully saturated rings. The molecule has 0 bridgehead atoms. The molecule has 0 amide bonds. The molecule has 18 heavy (non-hydrogen) atoms. The van der Waals surface area contributed by atoms with Gasteiger partial charge in [0.15, 0.2) is 0 Å². The van der Waals surface area contributed by atoms with E-state index >= 15 is 0 Å². The molecule has 0 aliphatic heterocycles. The van der Waals surface area contributed by atoms with Crippen LogP contribution in [0.4, 0.5) is 4.39 Å². The van der Waals surface area contributed by atoms with E-state index in [0.29, 0.717) is 11.3 Å². The van der Waals surface area contributed by atoms with Crippen LogP contribution in [0.3, 0.4) is 0 Å². The van der Waals surface area contributed by atoms with Crippen molar-refractivity contribution in [3.63, 3.8) is 0 Å². The number of carboxylic acids is 1. The van der Waals surface area contributed by atoms with Gasteiger partial charge in [-0.15, -0.1) is 0 Å². The van der Waals surface area contributed by atoms with Gasteiger partial charge >= 0.3 is 5.97 Å². The van der Waals surface area contributed by atoms with Gasteiger partial charge in [-0.25, -0.2) is 9.18 Å². The number of hydrogen-bond acceptors (Lipinski definition) is 2. The summed E-state index contributed by atoms with van der Waals surface area (Å²) in [6.45, 7) is 3.78. The molecule has 0 saturated heterocycles. The fourth-order valence-electron chi connectivity index (χ4n) is 1.83. The van der Waals surface area contributed by atoms with Crippen LogP contribution in [0.5, 0.6) is 0 Å². The lowest BCUT2D eigenvalue weighted by Gasteiger charge is -2.12. The SMILES string of the molecule is CC(C)n1ncc(C(=O)O)c1-c1cccc(F)c1. The molecular formula is C13H13FN2O2. The highest BCUT2D eigenvalue weighted by Crippen LogP contribution is 2.27. The Balaban J connectivity index is 2.67. The Morgan fingerprint density at radius 1 is 1.44 bits per heavy atom. The van der Waals surface area contributed by atoms with Gasteiger partial charge in [0, 0.05) is 11.6 Å². The van der Waals surface area contributed by atoms with Gasteiger partial charge in [-0.2, -0.15) is 5.10 Å². The van der Waals surface area contributed by atoms with E-state index in [9.17, 15) is 9.18 Å². The number of hydrogen-bond donors (Lipinski definition) is 1. The van der Waals surface area contributed by atoms with Crippen molar-refractivity contribution in [1.82, 2.24) is 9.78 Å². The third-order valence-corrected chi connectivity index (χ3v) is 2.61. The molecule has 0 atom stereocenters. The third kappa shape index (κ3) is 2.11. The van der Waals surface area contributed by atoms with Crippen LogP contribution in [0, 0.1) is 5.82 Å². The quantitative estimate of drug-likeness (QED) is 0.908. The number of rotatable bonds is 3. The molecule has 1 N–H and O–H groups in total. The summed E-state index contributed by atoms with van der Waals surface area (Å²) in [5.74, 6) is -1.47. The summed E-state index contributed by atoms with van der Waals surface area (Å²) in [5, 5.41) is 13.2. The monoisotopic (exact) mass is 248 g/mol. The molecule has 2 rings (SSSR count). The van der Waals surface area contributed by atoms with Gasteiger partial charge < -0.3 is 5.11 Å². The van der Waals surface area contributed by atoms with Crippen LogP contribution in [-0.4, -0.2) is 20.9 Å². The minimum absolute atomic E-state index is 0.00336. The van der Waals surface area contributed by atoms with Crippen LogP contribution in [-0.2, 0) is 0 Å². The average Bonchev–Trinajstić information content (AvgIpc) is 2.73. The number of aromatic carboxylic acids is 1. The summed E-state index contributed by atoms with van der Waals surface area (Å²) >= 11 is 0. The van der Waals surface area contributed by atoms with E-state index in [2.05, 4.69) is 5.10 Å². The second-order valence-corrected chi connectivity index (χ2v) is 4.26. The van der Waals surface area contributed by atoms with Gasteiger partial charge in [0.2, 0.25) is 0 Å². The first-order valence-corrected chi connectivity index (χ1v) is 5.57. The van der Waals surface area contributed by atoms with Crippen LogP contribution < -0.4 is 0 Å². The first kappa shape index (κ1) is 12.3. The molecule has 5 heteroatoms. The van der Waals surface area contributed by atoms with Gasteiger partial charge in [0.25, 0.3) is 0 Å². The zero-order chi connectivity index (χ0) is 13.3. The van der Waals surface area contributed by atoms with E-state index in [-0.39, 0.29) is 11.6 Å². The molecular weight excluding hydrogens is 235 g/mol. The van der Waals surface area contributed by atoms with E-state index in [0.717, 1.165) is 0 Å². The molecule has 0 aliphatic carbocycles. The highest BCUT2D eigenvalue weighted by Gasteiger charge is 2.19. The smallest absolute Gasteiger partial charge is 0.339 e. The maximum absolute atomic E-state index is 13.2. The molecule has 0 spiro atoms. The Labute approximate surface area is 104 Å². The second-order valence-electron chi connectivity index (χ2n) is 4.26. The van der Waals surface area contributed by atoms with Gasteiger partial charge in [-0.3, -0.25) is 4.68 Å². The molecule has 0 saturated carbocycles. The zero-order valence-electron chi connectivity index (χ0n) is 10.1. The van der Waals surface area contributed by atoms with Crippen LogP contribution in [0.1, 0.15) is 30.2 Å². The van der Waals surface area contributed by atoms with E-state index in [1.165, 1.54) is 18.3 Å². The normalized spacial score (nSPS) is 10.9. The van der Waals surface area contributed by atoms with Crippen molar-refractivity contribution in [1.29, 1.82) is 0 Å². The summed E-state index contributed by atoms with van der Waals surface area (Å²) < 4.78 is 14.8. The zero-order valence-corrected chi connectivity index (χ0v) is 10.1. The van der Waals surface area contributed by atoms with Crippen molar-refractivity contribution in [2.24, 2.45) is 0 Å². The highest BCUT2D eigenvalue weighted by molar-refractivity contribution is 5.94. The van der Waals surface area contributed by atoms with Crippen molar-refractivity contribution in [2.45, 2.75) is 19.9 Å². The minimum Gasteiger partial charge on any atom is -0.478 e. The van der Waals surface area contributed by atoms with E-state index in [1.807, 2.05) is 13.8 Å². The van der Waals surface area contributed by atoms with Gasteiger partial charge in [-0.05, 0) is 26.0 Å². The molecule has 0 aliphatic rings. The summed E-state index contributed by atoms with van der Waals surface area (Å²) in [4.78, 5) is 11.2. The number of aromatic nitrogens is 2. The molecule has 1 aromatic carbocycles. The number of benzene rings is 1. The molecule has 4 nitrogen and oxygen atoms in total. The standard InChI is InChI=1S/C13H13FN2O2/c1-8(2)16-12(11(7-15-16)13(17)18)9-4-3-5-10(14)6-9/h3-8H,1-2H3,(H,17,18). The van der Waals surface area contributed by atoms with Crippen molar-refractivity contribution in [3.8, 4) is 11.3 Å². The maximum Gasteiger partial charge on any atom is 0.339 e. The maximum atomic E-state index is 13.2. The number of carboxylic acid groups (broad SMARTS) is 1. The summed E-state index contributed by atoms with van der Waals surface area (Å²) in [7, 11) is 0. The highest BCUT2D eigenvalue weighted by atomic mass is 19.1. The van der Waals surface area contributed by atoms with Gasteiger partial charge in [-0.1, -0.05) is 12.1 Å². The van der Waals surface area contributed by atoms with Crippen molar-refractivity contribution < 1.29 is 14.3 Å². The molecule has 0 radical (unpaired) electrons. The fourth-order valence-corrected chi connectivity index (χ4v) is 1.83. The van der Waals surface area contributed by atoms with Crippen LogP contribution >= 0.6 is 0 Å². The molecule has 1 aromatic heterocycles. The van der Waals surface area contributed by atoms with Gasteiger partial charge in [0.05, 0.1) is 11.9 Å². The predicted octanol–water partition coefficient (Wildman–Crippen LogP) is 2.97. The number of carbonyl (C=O) groups is 1. The summed E-state index contributed by atoms with van der Waals surface area (Å²) in [6.07, 6.45) is 1.29. The topological polar surface area (TPSA) is 55.1 Å². The average molecular weight is 248 g/mol.